The number of hydrogen-bond donors (Lipinski definition) is 1. The summed E-state index contributed by atoms with van der Waals surface area (Å²) in [7, 11) is 0. The van der Waals surface area contributed by atoms with E-state index >= 15 is 0 Å². The quantitative estimate of drug-likeness (QED) is 0.637. The highest BCUT2D eigenvalue weighted by Gasteiger charge is 2.23. The third-order valence-corrected chi connectivity index (χ3v) is 3.77. The minimum absolute atomic E-state index is 0.263. The predicted molar refractivity (Wildman–Crippen MR) is 81.8 cm³/mol. The maximum atomic E-state index is 11.1. The molecule has 0 radical (unpaired) electrons. The standard InChI is InChI=1S/C17H24O4/c1-12-7-5-8-14(16(19)20)9-6-10-17(3,4)15(12)11-21-13(2)18/h6,8,10H,5,7,9,11H2,1-4H3,(H,19,20). The number of rotatable bonds is 3. The molecule has 0 unspecified atom stereocenters. The molecule has 0 fully saturated rings. The fraction of sp³-hybridized carbons (Fsp3) is 0.529. The largest absolute Gasteiger partial charge is 0.478 e. The van der Waals surface area contributed by atoms with Gasteiger partial charge < -0.3 is 9.84 Å². The molecule has 4 nitrogen and oxygen atoms in total. The molecule has 0 amide bonds. The van der Waals surface area contributed by atoms with Crippen LogP contribution >= 0.6 is 0 Å². The first-order valence-corrected chi connectivity index (χ1v) is 7.16. The molecule has 0 spiro atoms. The number of carbonyl (C=O) groups excluding carboxylic acids is 1. The molecule has 0 saturated carbocycles. The van der Waals surface area contributed by atoms with Gasteiger partial charge in [-0.2, -0.15) is 0 Å². The third kappa shape index (κ3) is 5.21. The smallest absolute Gasteiger partial charge is 0.331 e. The number of carboxylic acid groups (broad SMARTS) is 1. The van der Waals surface area contributed by atoms with Crippen LogP contribution in [0.15, 0.2) is 34.9 Å². The first-order chi connectivity index (χ1) is 9.74. The topological polar surface area (TPSA) is 63.6 Å². The third-order valence-electron chi connectivity index (χ3n) is 3.77. The van der Waals surface area contributed by atoms with Gasteiger partial charge in [-0.05, 0) is 31.8 Å². The molecule has 4 heteroatoms. The highest BCUT2D eigenvalue weighted by atomic mass is 16.5. The lowest BCUT2D eigenvalue weighted by atomic mass is 9.80. The van der Waals surface area contributed by atoms with Gasteiger partial charge in [-0.25, -0.2) is 4.79 Å². The molecule has 0 atom stereocenters. The van der Waals surface area contributed by atoms with Crippen LogP contribution in [-0.4, -0.2) is 23.7 Å². The number of allylic oxidation sites excluding steroid dienone is 4. The molecule has 0 aromatic carbocycles. The average molecular weight is 292 g/mol. The van der Waals surface area contributed by atoms with Crippen molar-refractivity contribution in [2.75, 3.05) is 6.61 Å². The Kier molecular flexibility index (Phi) is 5.94. The van der Waals surface area contributed by atoms with Crippen molar-refractivity contribution < 1.29 is 19.4 Å². The number of hydrogen-bond acceptors (Lipinski definition) is 3. The van der Waals surface area contributed by atoms with Crippen molar-refractivity contribution in [3.63, 3.8) is 0 Å². The first-order valence-electron chi connectivity index (χ1n) is 7.16. The highest BCUT2D eigenvalue weighted by Crippen LogP contribution is 2.33. The number of ether oxygens (including phenoxy) is 1. The lowest BCUT2D eigenvalue weighted by molar-refractivity contribution is -0.140. The second-order valence-electron chi connectivity index (χ2n) is 5.94. The molecule has 1 aliphatic rings. The molecule has 1 rings (SSSR count). The zero-order chi connectivity index (χ0) is 16.0. The molecule has 0 bridgehead atoms. The summed E-state index contributed by atoms with van der Waals surface area (Å²) in [5.41, 5.74) is 2.40. The van der Waals surface area contributed by atoms with Gasteiger partial charge in [0.15, 0.2) is 0 Å². The van der Waals surface area contributed by atoms with Gasteiger partial charge in [0, 0.05) is 17.9 Å². The lowest BCUT2D eigenvalue weighted by Crippen LogP contribution is -2.20. The van der Waals surface area contributed by atoms with E-state index in [1.165, 1.54) is 6.92 Å². The summed E-state index contributed by atoms with van der Waals surface area (Å²) < 4.78 is 5.17. The molecular weight excluding hydrogens is 268 g/mol. The molecule has 0 aromatic heterocycles. The van der Waals surface area contributed by atoms with Crippen LogP contribution < -0.4 is 0 Å². The number of carbonyl (C=O) groups is 2. The summed E-state index contributed by atoms with van der Waals surface area (Å²) in [5.74, 6) is -1.15. The zero-order valence-corrected chi connectivity index (χ0v) is 13.2. The first kappa shape index (κ1) is 17.2. The molecule has 1 aliphatic carbocycles. The Morgan fingerprint density at radius 1 is 1.38 bits per heavy atom. The monoisotopic (exact) mass is 292 g/mol. The second kappa shape index (κ2) is 7.25. The predicted octanol–water partition coefficient (Wildman–Crippen LogP) is 3.64. The van der Waals surface area contributed by atoms with Crippen LogP contribution in [0.25, 0.3) is 0 Å². The summed E-state index contributed by atoms with van der Waals surface area (Å²) >= 11 is 0. The van der Waals surface area contributed by atoms with E-state index in [1.807, 2.05) is 19.1 Å². The minimum atomic E-state index is -0.861. The molecule has 0 heterocycles. The molecule has 116 valence electrons. The van der Waals surface area contributed by atoms with Crippen molar-refractivity contribution in [3.05, 3.63) is 34.9 Å². The van der Waals surface area contributed by atoms with Crippen LogP contribution in [0.4, 0.5) is 0 Å². The van der Waals surface area contributed by atoms with E-state index < -0.39 is 5.97 Å². The summed E-state index contributed by atoms with van der Waals surface area (Å²) in [6.45, 7) is 7.81. The fourth-order valence-electron chi connectivity index (χ4n) is 2.49. The van der Waals surface area contributed by atoms with Crippen molar-refractivity contribution >= 4 is 11.9 Å². The Morgan fingerprint density at radius 3 is 2.62 bits per heavy atom. The minimum Gasteiger partial charge on any atom is -0.478 e. The second-order valence-corrected chi connectivity index (χ2v) is 5.94. The summed E-state index contributed by atoms with van der Waals surface area (Å²) in [6, 6.07) is 0. The van der Waals surface area contributed by atoms with Crippen LogP contribution in [0.1, 0.15) is 47.0 Å². The van der Waals surface area contributed by atoms with Crippen molar-refractivity contribution in [2.24, 2.45) is 5.41 Å². The van der Waals surface area contributed by atoms with Crippen molar-refractivity contribution in [1.82, 2.24) is 0 Å². The Morgan fingerprint density at radius 2 is 2.05 bits per heavy atom. The van der Waals surface area contributed by atoms with Crippen LogP contribution in [0, 0.1) is 5.41 Å². The van der Waals surface area contributed by atoms with Gasteiger partial charge in [0.2, 0.25) is 0 Å². The van der Waals surface area contributed by atoms with Crippen LogP contribution in [0.2, 0.25) is 0 Å². The summed E-state index contributed by atoms with van der Waals surface area (Å²) in [4.78, 5) is 22.2. The van der Waals surface area contributed by atoms with Gasteiger partial charge in [0.05, 0.1) is 0 Å². The maximum absolute atomic E-state index is 11.1. The van der Waals surface area contributed by atoms with Gasteiger partial charge >= 0.3 is 11.9 Å². The summed E-state index contributed by atoms with van der Waals surface area (Å²) in [6.07, 6.45) is 7.52. The number of carboxylic acids is 1. The van der Waals surface area contributed by atoms with Gasteiger partial charge in [-0.3, -0.25) is 4.79 Å². The van der Waals surface area contributed by atoms with E-state index in [0.717, 1.165) is 17.6 Å². The van der Waals surface area contributed by atoms with Gasteiger partial charge in [0.25, 0.3) is 0 Å². The molecular formula is C17H24O4. The molecule has 0 saturated heterocycles. The average Bonchev–Trinajstić information content (AvgIpc) is 2.35. The molecule has 21 heavy (non-hydrogen) atoms. The van der Waals surface area contributed by atoms with Gasteiger partial charge in [-0.15, -0.1) is 0 Å². The molecule has 0 aromatic rings. The van der Waals surface area contributed by atoms with Gasteiger partial charge in [0.1, 0.15) is 6.61 Å². The van der Waals surface area contributed by atoms with Crippen LogP contribution in [0.3, 0.4) is 0 Å². The van der Waals surface area contributed by atoms with E-state index in [9.17, 15) is 9.59 Å². The normalized spacial score (nSPS) is 19.0. The summed E-state index contributed by atoms with van der Waals surface area (Å²) in [5, 5.41) is 9.14. The van der Waals surface area contributed by atoms with E-state index in [4.69, 9.17) is 9.84 Å². The number of esters is 1. The van der Waals surface area contributed by atoms with Crippen LogP contribution in [0.5, 0.6) is 0 Å². The zero-order valence-electron chi connectivity index (χ0n) is 13.2. The van der Waals surface area contributed by atoms with Crippen molar-refractivity contribution in [2.45, 2.75) is 47.0 Å². The Labute approximate surface area is 126 Å². The van der Waals surface area contributed by atoms with E-state index in [2.05, 4.69) is 13.8 Å². The Balaban J connectivity index is 3.08. The lowest BCUT2D eigenvalue weighted by Gasteiger charge is -2.27. The Hall–Kier alpha value is -1.84. The van der Waals surface area contributed by atoms with Crippen LogP contribution in [-0.2, 0) is 14.3 Å². The van der Waals surface area contributed by atoms with E-state index in [1.54, 1.807) is 6.08 Å². The van der Waals surface area contributed by atoms with Crippen molar-refractivity contribution in [1.29, 1.82) is 0 Å². The van der Waals surface area contributed by atoms with Crippen molar-refractivity contribution in [3.8, 4) is 0 Å². The number of aliphatic carboxylic acids is 1. The van der Waals surface area contributed by atoms with E-state index in [0.29, 0.717) is 18.4 Å². The molecule has 0 aliphatic heterocycles. The van der Waals surface area contributed by atoms with Gasteiger partial charge in [-0.1, -0.05) is 37.6 Å². The SMILES string of the molecule is CC(=O)OCC1=C(C)CCC=C(C(=O)O)CC=CC1(C)C. The van der Waals surface area contributed by atoms with E-state index in [-0.39, 0.29) is 18.0 Å². The molecule has 1 N–H and O–H groups in total. The highest BCUT2D eigenvalue weighted by molar-refractivity contribution is 5.86. The Bertz CT molecular complexity index is 507. The fourth-order valence-corrected chi connectivity index (χ4v) is 2.49. The maximum Gasteiger partial charge on any atom is 0.331 e.